The highest BCUT2D eigenvalue weighted by molar-refractivity contribution is 6.04. The molecule has 4 heteroatoms. The van der Waals surface area contributed by atoms with Crippen LogP contribution in [0.15, 0.2) is 12.3 Å². The maximum atomic E-state index is 12.4. The van der Waals surface area contributed by atoms with Crippen LogP contribution >= 0.6 is 0 Å². The van der Waals surface area contributed by atoms with Crippen LogP contribution in [0, 0.1) is 6.92 Å². The average molecular weight is 233 g/mol. The van der Waals surface area contributed by atoms with Gasteiger partial charge in [0.15, 0.2) is 5.78 Å². The third-order valence-electron chi connectivity index (χ3n) is 3.31. The van der Waals surface area contributed by atoms with E-state index in [-0.39, 0.29) is 11.8 Å². The van der Waals surface area contributed by atoms with Crippen molar-refractivity contribution < 1.29 is 4.79 Å². The summed E-state index contributed by atoms with van der Waals surface area (Å²) in [6, 6.07) is 1.74. The number of nitrogens with two attached hydrogens (primary N) is 1. The Kier molecular flexibility index (Phi) is 3.74. The second-order valence-corrected chi connectivity index (χ2v) is 4.61. The zero-order valence-corrected chi connectivity index (χ0v) is 10.2. The van der Waals surface area contributed by atoms with Crippen LogP contribution in [0.25, 0.3) is 0 Å². The fourth-order valence-corrected chi connectivity index (χ4v) is 2.33. The summed E-state index contributed by atoms with van der Waals surface area (Å²) in [4.78, 5) is 16.4. The second-order valence-electron chi connectivity index (χ2n) is 4.61. The van der Waals surface area contributed by atoms with Crippen molar-refractivity contribution >= 4 is 11.6 Å². The first kappa shape index (κ1) is 12.0. The molecule has 2 rings (SSSR count). The maximum Gasteiger partial charge on any atom is 0.183 e. The summed E-state index contributed by atoms with van der Waals surface area (Å²) in [5.41, 5.74) is 7.31. The van der Waals surface area contributed by atoms with Gasteiger partial charge in [0.05, 0.1) is 11.6 Å². The molecule has 4 nitrogen and oxygen atoms in total. The normalized spacial score (nSPS) is 20.9. The number of carbonyl (C=O) groups excluding carboxylic acids is 1. The summed E-state index contributed by atoms with van der Waals surface area (Å²) in [6.45, 7) is 2.82. The van der Waals surface area contributed by atoms with E-state index in [1.54, 1.807) is 6.20 Å². The lowest BCUT2D eigenvalue weighted by Crippen LogP contribution is -2.36. The first-order valence-electron chi connectivity index (χ1n) is 6.19. The van der Waals surface area contributed by atoms with Crippen molar-refractivity contribution in [3.63, 3.8) is 0 Å². The van der Waals surface area contributed by atoms with E-state index in [4.69, 9.17) is 5.73 Å². The number of hydrogen-bond acceptors (Lipinski definition) is 4. The molecule has 1 unspecified atom stereocenters. The van der Waals surface area contributed by atoms with Crippen LogP contribution in [0.3, 0.4) is 0 Å². The Morgan fingerprint density at radius 1 is 1.47 bits per heavy atom. The molecular weight excluding hydrogens is 214 g/mol. The quantitative estimate of drug-likeness (QED) is 0.763. The van der Waals surface area contributed by atoms with Gasteiger partial charge in [0.25, 0.3) is 0 Å². The highest BCUT2D eigenvalue weighted by Gasteiger charge is 2.24. The van der Waals surface area contributed by atoms with E-state index in [0.29, 0.717) is 11.4 Å². The van der Waals surface area contributed by atoms with Crippen LogP contribution < -0.4 is 11.1 Å². The van der Waals surface area contributed by atoms with Gasteiger partial charge in [0.2, 0.25) is 0 Å². The average Bonchev–Trinajstić information content (AvgIpc) is 2.57. The molecule has 0 spiro atoms. The monoisotopic (exact) mass is 233 g/mol. The molecule has 0 saturated carbocycles. The Hall–Kier alpha value is -1.42. The Balaban J connectivity index is 2.23. The molecule has 1 aromatic rings. The highest BCUT2D eigenvalue weighted by atomic mass is 16.1. The number of pyridine rings is 1. The molecule has 0 radical (unpaired) electrons. The van der Waals surface area contributed by atoms with Gasteiger partial charge in [-0.2, -0.15) is 0 Å². The smallest absolute Gasteiger partial charge is 0.183 e. The number of aromatic nitrogens is 1. The summed E-state index contributed by atoms with van der Waals surface area (Å²) < 4.78 is 0. The summed E-state index contributed by atoms with van der Waals surface area (Å²) in [7, 11) is 0. The SMILES string of the molecule is Cc1ccnc(N)c1C(=O)C1CCCCCN1. The number of hydrogen-bond donors (Lipinski definition) is 2. The number of ketones is 1. The van der Waals surface area contributed by atoms with E-state index >= 15 is 0 Å². The van der Waals surface area contributed by atoms with E-state index in [1.807, 2.05) is 13.0 Å². The van der Waals surface area contributed by atoms with E-state index in [2.05, 4.69) is 10.3 Å². The Morgan fingerprint density at radius 2 is 2.29 bits per heavy atom. The number of aryl methyl sites for hydroxylation is 1. The summed E-state index contributed by atoms with van der Waals surface area (Å²) >= 11 is 0. The number of carbonyl (C=O) groups is 1. The molecule has 0 aliphatic carbocycles. The molecule has 1 aliphatic heterocycles. The number of rotatable bonds is 2. The van der Waals surface area contributed by atoms with Gasteiger partial charge in [-0.15, -0.1) is 0 Å². The molecule has 92 valence electrons. The molecule has 0 aromatic carbocycles. The van der Waals surface area contributed by atoms with Crippen LogP contribution in [0.1, 0.15) is 41.6 Å². The minimum Gasteiger partial charge on any atom is -0.383 e. The first-order valence-corrected chi connectivity index (χ1v) is 6.19. The Bertz CT molecular complexity index is 389. The van der Waals surface area contributed by atoms with Crippen LogP contribution in [-0.4, -0.2) is 23.4 Å². The molecule has 1 fully saturated rings. The molecular formula is C13H19N3O. The fraction of sp³-hybridized carbons (Fsp3) is 0.538. The van der Waals surface area contributed by atoms with Gasteiger partial charge in [0.1, 0.15) is 5.82 Å². The van der Waals surface area contributed by atoms with Crippen LogP contribution in [0.4, 0.5) is 5.82 Å². The predicted octanol–water partition coefficient (Wildman–Crippen LogP) is 1.69. The second kappa shape index (κ2) is 5.27. The fourth-order valence-electron chi connectivity index (χ4n) is 2.33. The number of nitrogen functional groups attached to an aromatic ring is 1. The van der Waals surface area contributed by atoms with Gasteiger partial charge in [0, 0.05) is 6.20 Å². The van der Waals surface area contributed by atoms with E-state index < -0.39 is 0 Å². The van der Waals surface area contributed by atoms with Crippen molar-refractivity contribution in [3.8, 4) is 0 Å². The lowest BCUT2D eigenvalue weighted by atomic mass is 9.97. The zero-order valence-electron chi connectivity index (χ0n) is 10.2. The molecule has 0 amide bonds. The van der Waals surface area contributed by atoms with Crippen molar-refractivity contribution in [2.24, 2.45) is 0 Å². The van der Waals surface area contributed by atoms with Gasteiger partial charge < -0.3 is 11.1 Å². The van der Waals surface area contributed by atoms with Crippen LogP contribution in [0.5, 0.6) is 0 Å². The van der Waals surface area contributed by atoms with Crippen molar-refractivity contribution in [2.45, 2.75) is 38.6 Å². The molecule has 1 atom stereocenters. The van der Waals surface area contributed by atoms with Gasteiger partial charge in [-0.1, -0.05) is 12.8 Å². The third kappa shape index (κ3) is 2.64. The molecule has 1 aromatic heterocycles. The minimum atomic E-state index is -0.0947. The molecule has 2 heterocycles. The Labute approximate surface area is 102 Å². The molecule has 1 aliphatic rings. The highest BCUT2D eigenvalue weighted by Crippen LogP contribution is 2.19. The maximum absolute atomic E-state index is 12.4. The third-order valence-corrected chi connectivity index (χ3v) is 3.31. The van der Waals surface area contributed by atoms with E-state index in [1.165, 1.54) is 6.42 Å². The van der Waals surface area contributed by atoms with Gasteiger partial charge in [-0.3, -0.25) is 4.79 Å². The lowest BCUT2D eigenvalue weighted by Gasteiger charge is -2.16. The van der Waals surface area contributed by atoms with E-state index in [0.717, 1.165) is 31.4 Å². The van der Waals surface area contributed by atoms with Crippen molar-refractivity contribution in [1.29, 1.82) is 0 Å². The molecule has 17 heavy (non-hydrogen) atoms. The molecule has 0 bridgehead atoms. The van der Waals surface area contributed by atoms with Crippen LogP contribution in [-0.2, 0) is 0 Å². The molecule has 1 saturated heterocycles. The number of nitrogens with zero attached hydrogens (tertiary/aromatic N) is 1. The van der Waals surface area contributed by atoms with E-state index in [9.17, 15) is 4.79 Å². The Morgan fingerprint density at radius 3 is 3.06 bits per heavy atom. The number of nitrogens with one attached hydrogen (secondary N) is 1. The van der Waals surface area contributed by atoms with Crippen molar-refractivity contribution in [1.82, 2.24) is 10.3 Å². The van der Waals surface area contributed by atoms with Gasteiger partial charge in [-0.25, -0.2) is 4.98 Å². The molecule has 3 N–H and O–H groups in total. The number of Topliss-reactive ketones (excluding diaryl/α,β-unsaturated/α-hetero) is 1. The summed E-state index contributed by atoms with van der Waals surface area (Å²) in [5, 5.41) is 3.30. The largest absolute Gasteiger partial charge is 0.383 e. The standard InChI is InChI=1S/C13H19N3O/c1-9-6-8-16-13(14)11(9)12(17)10-5-3-2-4-7-15-10/h6,8,10,15H,2-5,7H2,1H3,(H2,14,16). The van der Waals surface area contributed by atoms with Crippen molar-refractivity contribution in [3.05, 3.63) is 23.4 Å². The number of anilines is 1. The first-order chi connectivity index (χ1) is 8.20. The predicted molar refractivity (Wildman–Crippen MR) is 68.0 cm³/mol. The zero-order chi connectivity index (χ0) is 12.3. The van der Waals surface area contributed by atoms with Crippen molar-refractivity contribution in [2.75, 3.05) is 12.3 Å². The summed E-state index contributed by atoms with van der Waals surface area (Å²) in [6.07, 6.45) is 5.97. The van der Waals surface area contributed by atoms with Gasteiger partial charge in [-0.05, 0) is 37.9 Å². The minimum absolute atomic E-state index is 0.0926. The van der Waals surface area contributed by atoms with Crippen LogP contribution in [0.2, 0.25) is 0 Å². The lowest BCUT2D eigenvalue weighted by molar-refractivity contribution is 0.0940. The van der Waals surface area contributed by atoms with Gasteiger partial charge >= 0.3 is 0 Å². The summed E-state index contributed by atoms with van der Waals surface area (Å²) in [5.74, 6) is 0.441. The topological polar surface area (TPSA) is 68.0 Å².